The van der Waals surface area contributed by atoms with Crippen LogP contribution < -0.4 is 0 Å². The molecule has 0 rings (SSSR count). The number of hydrogen-bond acceptors (Lipinski definition) is 3. The second-order valence-corrected chi connectivity index (χ2v) is 3.08. The van der Waals surface area contributed by atoms with Crippen molar-refractivity contribution in [2.45, 2.75) is 27.2 Å². The highest BCUT2D eigenvalue weighted by Gasteiger charge is 2.26. The Labute approximate surface area is 67.7 Å². The van der Waals surface area contributed by atoms with Crippen LogP contribution in [0.1, 0.15) is 27.2 Å². The van der Waals surface area contributed by atoms with E-state index in [0.717, 1.165) is 6.42 Å². The Balaban J connectivity index is 3.82. The summed E-state index contributed by atoms with van der Waals surface area (Å²) in [4.78, 5) is 11.2. The summed E-state index contributed by atoms with van der Waals surface area (Å²) in [6.45, 7) is 5.70. The molecule has 0 spiro atoms. The Morgan fingerprint density at radius 2 is 2.00 bits per heavy atom. The van der Waals surface area contributed by atoms with Gasteiger partial charge in [0.25, 0.3) is 0 Å². The third-order valence-electron chi connectivity index (χ3n) is 1.74. The standard InChI is InChI=1S/C8H16O3/c1-5-8(2,3)7(9)11-6-10-4/h5-6H2,1-4H3. The average molecular weight is 160 g/mol. The van der Waals surface area contributed by atoms with Gasteiger partial charge in [0.05, 0.1) is 5.41 Å². The smallest absolute Gasteiger partial charge is 0.313 e. The molecule has 66 valence electrons. The zero-order valence-electron chi connectivity index (χ0n) is 7.64. The van der Waals surface area contributed by atoms with E-state index in [2.05, 4.69) is 4.74 Å². The molecule has 0 aliphatic carbocycles. The lowest BCUT2D eigenvalue weighted by atomic mass is 9.91. The molecule has 0 bridgehead atoms. The zero-order chi connectivity index (χ0) is 8.91. The van der Waals surface area contributed by atoms with Crippen molar-refractivity contribution in [2.24, 2.45) is 5.41 Å². The molecule has 0 atom stereocenters. The first-order valence-corrected chi connectivity index (χ1v) is 3.70. The van der Waals surface area contributed by atoms with Gasteiger partial charge in [0.1, 0.15) is 0 Å². The topological polar surface area (TPSA) is 35.5 Å². The maximum absolute atomic E-state index is 11.2. The molecular formula is C8H16O3. The van der Waals surface area contributed by atoms with E-state index in [1.807, 2.05) is 20.8 Å². The van der Waals surface area contributed by atoms with Crippen LogP contribution in [0.5, 0.6) is 0 Å². The van der Waals surface area contributed by atoms with Crippen LogP contribution in [0.4, 0.5) is 0 Å². The Morgan fingerprint density at radius 1 is 1.45 bits per heavy atom. The van der Waals surface area contributed by atoms with Crippen LogP contribution in [0.3, 0.4) is 0 Å². The van der Waals surface area contributed by atoms with Crippen LogP contribution in [-0.2, 0) is 14.3 Å². The minimum Gasteiger partial charge on any atom is -0.438 e. The van der Waals surface area contributed by atoms with Gasteiger partial charge >= 0.3 is 5.97 Å². The molecule has 0 saturated carbocycles. The number of carbonyl (C=O) groups excluding carboxylic acids is 1. The number of carbonyl (C=O) groups is 1. The van der Waals surface area contributed by atoms with Gasteiger partial charge in [-0.1, -0.05) is 6.92 Å². The molecule has 0 radical (unpaired) electrons. The predicted molar refractivity (Wildman–Crippen MR) is 42.0 cm³/mol. The van der Waals surface area contributed by atoms with Gasteiger partial charge < -0.3 is 9.47 Å². The van der Waals surface area contributed by atoms with Crippen LogP contribution in [0.2, 0.25) is 0 Å². The van der Waals surface area contributed by atoms with E-state index in [9.17, 15) is 4.79 Å². The number of methoxy groups -OCH3 is 1. The Kier molecular flexibility index (Phi) is 4.11. The van der Waals surface area contributed by atoms with E-state index in [-0.39, 0.29) is 12.8 Å². The van der Waals surface area contributed by atoms with Crippen molar-refractivity contribution in [2.75, 3.05) is 13.9 Å². The molecule has 0 aromatic heterocycles. The summed E-state index contributed by atoms with van der Waals surface area (Å²) in [7, 11) is 1.49. The van der Waals surface area contributed by atoms with E-state index in [0.29, 0.717) is 0 Å². The Bertz CT molecular complexity index is 129. The molecule has 11 heavy (non-hydrogen) atoms. The van der Waals surface area contributed by atoms with Crippen molar-refractivity contribution < 1.29 is 14.3 Å². The first-order chi connectivity index (χ1) is 5.04. The molecular weight excluding hydrogens is 144 g/mol. The quantitative estimate of drug-likeness (QED) is 0.462. The maximum Gasteiger partial charge on any atom is 0.313 e. The van der Waals surface area contributed by atoms with Crippen LogP contribution in [-0.4, -0.2) is 19.9 Å². The first kappa shape index (κ1) is 10.4. The minimum absolute atomic E-state index is 0.0439. The molecule has 0 N–H and O–H groups in total. The molecule has 0 unspecified atom stereocenters. The van der Waals surface area contributed by atoms with Gasteiger partial charge in [-0.15, -0.1) is 0 Å². The number of hydrogen-bond donors (Lipinski definition) is 0. The molecule has 0 amide bonds. The maximum atomic E-state index is 11.2. The predicted octanol–water partition coefficient (Wildman–Crippen LogP) is 1.57. The van der Waals surface area contributed by atoms with Gasteiger partial charge in [0.2, 0.25) is 0 Å². The van der Waals surface area contributed by atoms with Gasteiger partial charge in [-0.3, -0.25) is 4.79 Å². The van der Waals surface area contributed by atoms with E-state index in [4.69, 9.17) is 4.74 Å². The number of ether oxygens (including phenoxy) is 2. The highest BCUT2D eigenvalue weighted by molar-refractivity contribution is 5.75. The second kappa shape index (κ2) is 4.34. The van der Waals surface area contributed by atoms with Gasteiger partial charge in [-0.25, -0.2) is 0 Å². The van der Waals surface area contributed by atoms with Gasteiger partial charge in [-0.2, -0.15) is 0 Å². The zero-order valence-corrected chi connectivity index (χ0v) is 7.64. The summed E-state index contributed by atoms with van der Waals surface area (Å²) in [5.74, 6) is -0.207. The summed E-state index contributed by atoms with van der Waals surface area (Å²) >= 11 is 0. The molecule has 0 saturated heterocycles. The highest BCUT2D eigenvalue weighted by Crippen LogP contribution is 2.21. The Morgan fingerprint density at radius 3 is 2.36 bits per heavy atom. The van der Waals surface area contributed by atoms with Crippen LogP contribution in [0.25, 0.3) is 0 Å². The fraction of sp³-hybridized carbons (Fsp3) is 0.875. The van der Waals surface area contributed by atoms with Crippen molar-refractivity contribution in [3.63, 3.8) is 0 Å². The summed E-state index contributed by atoms with van der Waals surface area (Å²) in [6.07, 6.45) is 0.773. The van der Waals surface area contributed by atoms with Gasteiger partial charge in [-0.05, 0) is 20.3 Å². The fourth-order valence-corrected chi connectivity index (χ4v) is 0.452. The molecule has 0 heterocycles. The van der Waals surface area contributed by atoms with Crippen molar-refractivity contribution in [3.8, 4) is 0 Å². The third kappa shape index (κ3) is 3.37. The van der Waals surface area contributed by atoms with Gasteiger partial charge in [0.15, 0.2) is 6.79 Å². The molecule has 0 aromatic carbocycles. The molecule has 0 aromatic rings. The number of esters is 1. The fourth-order valence-electron chi connectivity index (χ4n) is 0.452. The molecule has 0 aliphatic heterocycles. The lowest BCUT2D eigenvalue weighted by Crippen LogP contribution is -2.26. The second-order valence-electron chi connectivity index (χ2n) is 3.08. The molecule has 3 heteroatoms. The summed E-state index contributed by atoms with van der Waals surface area (Å²) in [5.41, 5.74) is -0.390. The monoisotopic (exact) mass is 160 g/mol. The minimum atomic E-state index is -0.390. The molecule has 0 aliphatic rings. The van der Waals surface area contributed by atoms with Crippen molar-refractivity contribution in [1.29, 1.82) is 0 Å². The number of rotatable bonds is 4. The Hall–Kier alpha value is -0.570. The molecule has 3 nitrogen and oxygen atoms in total. The largest absolute Gasteiger partial charge is 0.438 e. The third-order valence-corrected chi connectivity index (χ3v) is 1.74. The molecule has 0 fully saturated rings. The van der Waals surface area contributed by atoms with Gasteiger partial charge in [0, 0.05) is 7.11 Å². The van der Waals surface area contributed by atoms with Crippen molar-refractivity contribution in [3.05, 3.63) is 0 Å². The lowest BCUT2D eigenvalue weighted by molar-refractivity contribution is -0.164. The van der Waals surface area contributed by atoms with Crippen LogP contribution in [0, 0.1) is 5.41 Å². The summed E-state index contributed by atoms with van der Waals surface area (Å²) in [5, 5.41) is 0. The summed E-state index contributed by atoms with van der Waals surface area (Å²) in [6, 6.07) is 0. The highest BCUT2D eigenvalue weighted by atomic mass is 16.7. The van der Waals surface area contributed by atoms with E-state index in [1.54, 1.807) is 0 Å². The van der Waals surface area contributed by atoms with E-state index < -0.39 is 5.41 Å². The average Bonchev–Trinajstić information content (AvgIpc) is 2.00. The van der Waals surface area contributed by atoms with Crippen LogP contribution in [0.15, 0.2) is 0 Å². The first-order valence-electron chi connectivity index (χ1n) is 3.70. The van der Waals surface area contributed by atoms with E-state index >= 15 is 0 Å². The summed E-state index contributed by atoms with van der Waals surface area (Å²) < 4.78 is 9.39. The lowest BCUT2D eigenvalue weighted by Gasteiger charge is -2.19. The van der Waals surface area contributed by atoms with Crippen molar-refractivity contribution >= 4 is 5.97 Å². The van der Waals surface area contributed by atoms with Crippen molar-refractivity contribution in [1.82, 2.24) is 0 Å². The normalized spacial score (nSPS) is 11.3. The van der Waals surface area contributed by atoms with Crippen LogP contribution >= 0.6 is 0 Å². The SMILES string of the molecule is CCC(C)(C)C(=O)OCOC. The van der Waals surface area contributed by atoms with E-state index in [1.165, 1.54) is 7.11 Å².